The van der Waals surface area contributed by atoms with Crippen molar-refractivity contribution in [3.63, 3.8) is 0 Å². The van der Waals surface area contributed by atoms with Gasteiger partial charge in [0.2, 0.25) is 5.95 Å². The Kier molecular flexibility index (Phi) is 4.86. The van der Waals surface area contributed by atoms with E-state index < -0.39 is 17.4 Å². The monoisotopic (exact) mass is 423 g/mol. The molecule has 0 atom stereocenters. The van der Waals surface area contributed by atoms with Gasteiger partial charge in [-0.3, -0.25) is 23.4 Å². The molecule has 4 heterocycles. The van der Waals surface area contributed by atoms with Gasteiger partial charge in [0.15, 0.2) is 11.3 Å². The summed E-state index contributed by atoms with van der Waals surface area (Å²) in [6.45, 7) is 1.51. The predicted octanol–water partition coefficient (Wildman–Crippen LogP) is 1.16. The van der Waals surface area contributed by atoms with Crippen LogP contribution in [-0.4, -0.2) is 42.0 Å². The molecule has 160 valence electrons. The minimum atomic E-state index is -4.64. The van der Waals surface area contributed by atoms with E-state index in [9.17, 15) is 22.8 Å². The SMILES string of the molecule is Cn1c(N2CCC(Cn3cnc(C(F)(F)F)cc3=O)CC2)nc2c(cnn2C)c1=O. The Labute approximate surface area is 168 Å². The molecule has 0 aliphatic carbocycles. The first-order valence-corrected chi connectivity index (χ1v) is 9.42. The number of hydrogen-bond donors (Lipinski definition) is 0. The average molecular weight is 423 g/mol. The van der Waals surface area contributed by atoms with Gasteiger partial charge in [0, 0.05) is 39.8 Å². The normalized spacial score (nSPS) is 15.8. The zero-order valence-electron chi connectivity index (χ0n) is 16.4. The molecule has 0 radical (unpaired) electrons. The number of halogens is 3. The van der Waals surface area contributed by atoms with E-state index in [4.69, 9.17) is 0 Å². The van der Waals surface area contributed by atoms with Crippen LogP contribution in [0.4, 0.5) is 19.1 Å². The van der Waals surface area contributed by atoms with E-state index in [0.717, 1.165) is 6.33 Å². The summed E-state index contributed by atoms with van der Waals surface area (Å²) in [6.07, 6.45) is -0.781. The molecule has 0 saturated carbocycles. The molecule has 4 rings (SSSR count). The first kappa shape index (κ1) is 20.1. The number of nitrogens with zero attached hydrogens (tertiary/aromatic N) is 7. The second-order valence-electron chi connectivity index (χ2n) is 7.47. The third kappa shape index (κ3) is 3.57. The third-order valence-electron chi connectivity index (χ3n) is 5.47. The van der Waals surface area contributed by atoms with Gasteiger partial charge in [0.05, 0.1) is 12.5 Å². The number of fused-ring (bicyclic) bond motifs is 1. The third-order valence-corrected chi connectivity index (χ3v) is 5.47. The lowest BCUT2D eigenvalue weighted by Gasteiger charge is -2.33. The van der Waals surface area contributed by atoms with E-state index in [1.54, 1.807) is 18.8 Å². The van der Waals surface area contributed by atoms with E-state index in [0.29, 0.717) is 55.5 Å². The van der Waals surface area contributed by atoms with E-state index in [1.165, 1.54) is 15.3 Å². The highest BCUT2D eigenvalue weighted by Crippen LogP contribution is 2.26. The molecule has 12 heteroatoms. The summed E-state index contributed by atoms with van der Waals surface area (Å²) in [5, 5.41) is 4.54. The maximum atomic E-state index is 12.7. The molecule has 9 nitrogen and oxygen atoms in total. The number of anilines is 1. The Bertz CT molecular complexity index is 1200. The molecule has 1 aliphatic heterocycles. The minimum Gasteiger partial charge on any atom is -0.342 e. The molecule has 0 amide bonds. The Hall–Kier alpha value is -3.18. The smallest absolute Gasteiger partial charge is 0.342 e. The summed E-state index contributed by atoms with van der Waals surface area (Å²) >= 11 is 0. The van der Waals surface area contributed by atoms with Crippen molar-refractivity contribution < 1.29 is 13.2 Å². The maximum absolute atomic E-state index is 12.7. The second-order valence-corrected chi connectivity index (χ2v) is 7.47. The zero-order chi connectivity index (χ0) is 21.6. The van der Waals surface area contributed by atoms with Gasteiger partial charge in [-0.15, -0.1) is 0 Å². The van der Waals surface area contributed by atoms with Crippen LogP contribution >= 0.6 is 0 Å². The van der Waals surface area contributed by atoms with Crippen molar-refractivity contribution >= 4 is 17.0 Å². The number of aryl methyl sites for hydroxylation is 1. The van der Waals surface area contributed by atoms with Gasteiger partial charge in [-0.1, -0.05) is 0 Å². The van der Waals surface area contributed by atoms with Crippen molar-refractivity contribution in [2.24, 2.45) is 20.0 Å². The molecule has 3 aromatic rings. The van der Waals surface area contributed by atoms with Crippen molar-refractivity contribution in [1.82, 2.24) is 28.9 Å². The highest BCUT2D eigenvalue weighted by atomic mass is 19.4. The quantitative estimate of drug-likeness (QED) is 0.628. The van der Waals surface area contributed by atoms with E-state index >= 15 is 0 Å². The molecule has 1 fully saturated rings. The van der Waals surface area contributed by atoms with Crippen LogP contribution < -0.4 is 16.0 Å². The molecule has 0 aromatic carbocycles. The number of rotatable bonds is 3. The molecule has 1 saturated heterocycles. The van der Waals surface area contributed by atoms with Crippen LogP contribution in [0.5, 0.6) is 0 Å². The molecule has 0 spiro atoms. The second kappa shape index (κ2) is 7.26. The molecule has 30 heavy (non-hydrogen) atoms. The van der Waals surface area contributed by atoms with E-state index in [2.05, 4.69) is 15.1 Å². The Morgan fingerprint density at radius 2 is 1.87 bits per heavy atom. The van der Waals surface area contributed by atoms with Crippen LogP contribution in [0.15, 0.2) is 28.2 Å². The first-order chi connectivity index (χ1) is 14.1. The summed E-state index contributed by atoms with van der Waals surface area (Å²) in [7, 11) is 3.39. The van der Waals surface area contributed by atoms with Crippen molar-refractivity contribution in [3.8, 4) is 0 Å². The van der Waals surface area contributed by atoms with Gasteiger partial charge >= 0.3 is 6.18 Å². The molecule has 3 aromatic heterocycles. The summed E-state index contributed by atoms with van der Waals surface area (Å²) in [5.41, 5.74) is -1.56. The first-order valence-electron chi connectivity index (χ1n) is 9.42. The molecule has 0 bridgehead atoms. The fourth-order valence-corrected chi connectivity index (χ4v) is 3.75. The average Bonchev–Trinajstić information content (AvgIpc) is 3.07. The molecule has 0 unspecified atom stereocenters. The molecule has 1 aliphatic rings. The number of aromatic nitrogens is 6. The predicted molar refractivity (Wildman–Crippen MR) is 102 cm³/mol. The van der Waals surface area contributed by atoms with Crippen LogP contribution in [0, 0.1) is 5.92 Å². The fourth-order valence-electron chi connectivity index (χ4n) is 3.75. The highest BCUT2D eigenvalue weighted by molar-refractivity contribution is 5.74. The summed E-state index contributed by atoms with van der Waals surface area (Å²) in [4.78, 5) is 34.5. The van der Waals surface area contributed by atoms with Gasteiger partial charge in [0.25, 0.3) is 11.1 Å². The van der Waals surface area contributed by atoms with Crippen LogP contribution in [-0.2, 0) is 26.8 Å². The van der Waals surface area contributed by atoms with Gasteiger partial charge in [-0.2, -0.15) is 23.3 Å². The zero-order valence-corrected chi connectivity index (χ0v) is 16.4. The Morgan fingerprint density at radius 3 is 2.50 bits per heavy atom. The van der Waals surface area contributed by atoms with E-state index in [-0.39, 0.29) is 11.5 Å². The van der Waals surface area contributed by atoms with Crippen LogP contribution in [0.25, 0.3) is 11.0 Å². The summed E-state index contributed by atoms with van der Waals surface area (Å²) in [5.74, 6) is 0.651. The van der Waals surface area contributed by atoms with Gasteiger partial charge in [0.1, 0.15) is 5.39 Å². The Morgan fingerprint density at radius 1 is 1.17 bits per heavy atom. The van der Waals surface area contributed by atoms with Crippen molar-refractivity contribution in [2.45, 2.75) is 25.6 Å². The van der Waals surface area contributed by atoms with Gasteiger partial charge in [-0.05, 0) is 18.8 Å². The Balaban J connectivity index is 1.48. The summed E-state index contributed by atoms with van der Waals surface area (Å²) in [6, 6.07) is 0.526. The lowest BCUT2D eigenvalue weighted by atomic mass is 9.97. The van der Waals surface area contributed by atoms with Gasteiger partial charge in [-0.25, -0.2) is 4.98 Å². The molecule has 0 N–H and O–H groups in total. The van der Waals surface area contributed by atoms with Crippen molar-refractivity contribution in [1.29, 1.82) is 0 Å². The van der Waals surface area contributed by atoms with Gasteiger partial charge < -0.3 is 4.90 Å². The molecular formula is C18H20F3N7O2. The fraction of sp³-hybridized carbons (Fsp3) is 0.500. The molecular weight excluding hydrogens is 403 g/mol. The minimum absolute atomic E-state index is 0.106. The number of alkyl halides is 3. The van der Waals surface area contributed by atoms with Crippen LogP contribution in [0.1, 0.15) is 18.5 Å². The van der Waals surface area contributed by atoms with E-state index in [1.807, 2.05) is 4.90 Å². The van der Waals surface area contributed by atoms with Crippen LogP contribution in [0.2, 0.25) is 0 Å². The standard InChI is InChI=1S/C18H20F3N7O2/c1-25-16(30)12-8-23-26(2)15(12)24-17(25)27-5-3-11(4-6-27)9-28-10-22-13(7-14(28)29)18(19,20)21/h7-8,10-11H,3-6,9H2,1-2H3. The number of piperidine rings is 1. The highest BCUT2D eigenvalue weighted by Gasteiger charge is 2.33. The van der Waals surface area contributed by atoms with Crippen molar-refractivity contribution in [2.75, 3.05) is 18.0 Å². The lowest BCUT2D eigenvalue weighted by Crippen LogP contribution is -2.39. The van der Waals surface area contributed by atoms with Crippen molar-refractivity contribution in [3.05, 3.63) is 45.0 Å². The largest absolute Gasteiger partial charge is 0.433 e. The lowest BCUT2D eigenvalue weighted by molar-refractivity contribution is -0.141. The maximum Gasteiger partial charge on any atom is 0.433 e. The topological polar surface area (TPSA) is 90.8 Å². The number of hydrogen-bond acceptors (Lipinski definition) is 6. The summed E-state index contributed by atoms with van der Waals surface area (Å²) < 4.78 is 42.3. The van der Waals surface area contributed by atoms with Crippen LogP contribution in [0.3, 0.4) is 0 Å².